The molecule has 0 radical (unpaired) electrons. The maximum atomic E-state index is 12.4. The Bertz CT molecular complexity index is 1130. The summed E-state index contributed by atoms with van der Waals surface area (Å²) in [5.41, 5.74) is 2.95. The minimum absolute atomic E-state index is 0.187. The van der Waals surface area contributed by atoms with E-state index in [9.17, 15) is 14.4 Å². The van der Waals surface area contributed by atoms with Crippen LogP contribution in [-0.2, 0) is 14.3 Å². The Labute approximate surface area is 191 Å². The second-order valence-corrected chi connectivity index (χ2v) is 7.99. The Morgan fingerprint density at radius 1 is 1.09 bits per heavy atom. The number of nitrogens with one attached hydrogen (secondary N) is 1. The van der Waals surface area contributed by atoms with E-state index in [4.69, 9.17) is 9.15 Å². The van der Waals surface area contributed by atoms with Gasteiger partial charge in [-0.15, -0.1) is 0 Å². The van der Waals surface area contributed by atoms with E-state index < -0.39 is 11.9 Å². The fourth-order valence-electron chi connectivity index (χ4n) is 3.95. The highest BCUT2D eigenvalue weighted by Gasteiger charge is 2.30. The van der Waals surface area contributed by atoms with E-state index in [0.717, 1.165) is 11.4 Å². The minimum Gasteiger partial charge on any atom is -0.459 e. The maximum Gasteiger partial charge on any atom is 0.309 e. The zero-order valence-electron chi connectivity index (χ0n) is 18.6. The van der Waals surface area contributed by atoms with Gasteiger partial charge in [-0.25, -0.2) is 4.68 Å². The molecule has 2 amide bonds. The number of aromatic nitrogens is 2. The number of hydrogen-bond acceptors (Lipinski definition) is 6. The number of anilines is 1. The SMILES string of the molecule is Cc1nn(-c2ccccc2)c(C)c1NC(=O)COC(=O)C1CCN(C(=O)c2ccco2)CC1. The monoisotopic (exact) mass is 450 g/mol. The molecule has 0 bridgehead atoms. The van der Waals surface area contributed by atoms with Crippen LogP contribution < -0.4 is 5.32 Å². The standard InChI is InChI=1S/C24H26N4O5/c1-16-22(17(2)28(26-16)19-7-4-3-5-8-19)25-21(29)15-33-24(31)18-10-12-27(13-11-18)23(30)20-9-6-14-32-20/h3-9,14,18H,10-13,15H2,1-2H3,(H,25,29). The van der Waals surface area contributed by atoms with Crippen molar-refractivity contribution in [2.75, 3.05) is 25.0 Å². The van der Waals surface area contributed by atoms with Gasteiger partial charge in [-0.1, -0.05) is 18.2 Å². The van der Waals surface area contributed by atoms with Crippen molar-refractivity contribution in [2.45, 2.75) is 26.7 Å². The Kier molecular flexibility index (Phi) is 6.58. The van der Waals surface area contributed by atoms with Crippen molar-refractivity contribution in [3.05, 3.63) is 65.9 Å². The molecular weight excluding hydrogens is 424 g/mol. The molecule has 172 valence electrons. The average Bonchev–Trinajstić information content (AvgIpc) is 3.47. The molecule has 9 heteroatoms. The van der Waals surface area contributed by atoms with Crippen LogP contribution in [0.25, 0.3) is 5.69 Å². The first-order valence-corrected chi connectivity index (χ1v) is 10.8. The van der Waals surface area contributed by atoms with E-state index in [1.54, 1.807) is 21.7 Å². The quantitative estimate of drug-likeness (QED) is 0.579. The van der Waals surface area contributed by atoms with Crippen molar-refractivity contribution >= 4 is 23.5 Å². The number of carbonyl (C=O) groups is 3. The largest absolute Gasteiger partial charge is 0.459 e. The highest BCUT2D eigenvalue weighted by molar-refractivity contribution is 5.94. The summed E-state index contributed by atoms with van der Waals surface area (Å²) in [6, 6.07) is 12.9. The van der Waals surface area contributed by atoms with Crippen molar-refractivity contribution in [1.29, 1.82) is 0 Å². The second kappa shape index (κ2) is 9.72. The summed E-state index contributed by atoms with van der Waals surface area (Å²) in [5.74, 6) is -1.10. The van der Waals surface area contributed by atoms with Gasteiger partial charge in [-0.3, -0.25) is 14.4 Å². The first-order chi connectivity index (χ1) is 15.9. The highest BCUT2D eigenvalue weighted by atomic mass is 16.5. The summed E-state index contributed by atoms with van der Waals surface area (Å²) in [6.45, 7) is 4.17. The number of carbonyl (C=O) groups excluding carboxylic acids is 3. The van der Waals surface area contributed by atoms with Crippen molar-refractivity contribution in [3.8, 4) is 5.69 Å². The third-order valence-corrected chi connectivity index (χ3v) is 5.75. The maximum absolute atomic E-state index is 12.4. The number of hydrogen-bond donors (Lipinski definition) is 1. The Hall–Kier alpha value is -3.88. The van der Waals surface area contributed by atoms with Gasteiger partial charge in [-0.05, 0) is 51.0 Å². The van der Waals surface area contributed by atoms with Crippen LogP contribution in [0.2, 0.25) is 0 Å². The van der Waals surface area contributed by atoms with Crippen molar-refractivity contribution < 1.29 is 23.5 Å². The fourth-order valence-corrected chi connectivity index (χ4v) is 3.95. The van der Waals surface area contributed by atoms with Crippen LogP contribution in [0.1, 0.15) is 34.8 Å². The molecule has 9 nitrogen and oxygen atoms in total. The van der Waals surface area contributed by atoms with Gasteiger partial charge in [0, 0.05) is 13.1 Å². The number of likely N-dealkylation sites (tertiary alicyclic amines) is 1. The van der Waals surface area contributed by atoms with Gasteiger partial charge >= 0.3 is 5.97 Å². The molecule has 1 aliphatic rings. The normalized spacial score (nSPS) is 14.2. The first kappa shape index (κ1) is 22.3. The number of amides is 2. The number of aryl methyl sites for hydroxylation is 1. The summed E-state index contributed by atoms with van der Waals surface area (Å²) in [7, 11) is 0. The Balaban J connectivity index is 1.27. The number of rotatable bonds is 6. The molecule has 4 rings (SSSR count). The van der Waals surface area contributed by atoms with Gasteiger partial charge in [0.05, 0.1) is 34.9 Å². The fraction of sp³-hybridized carbons (Fsp3) is 0.333. The molecule has 1 N–H and O–H groups in total. The number of furan rings is 1. The van der Waals surface area contributed by atoms with Crippen LogP contribution >= 0.6 is 0 Å². The number of esters is 1. The van der Waals surface area contributed by atoms with Crippen LogP contribution in [-0.4, -0.2) is 52.2 Å². The molecule has 3 aromatic rings. The second-order valence-electron chi connectivity index (χ2n) is 7.99. The molecular formula is C24H26N4O5. The van der Waals surface area contributed by atoms with E-state index in [0.29, 0.717) is 37.3 Å². The summed E-state index contributed by atoms with van der Waals surface area (Å²) in [5, 5.41) is 7.30. The molecule has 33 heavy (non-hydrogen) atoms. The molecule has 1 fully saturated rings. The van der Waals surface area contributed by atoms with Gasteiger partial charge in [0.2, 0.25) is 0 Å². The Morgan fingerprint density at radius 2 is 1.82 bits per heavy atom. The first-order valence-electron chi connectivity index (χ1n) is 10.8. The van der Waals surface area contributed by atoms with Gasteiger partial charge in [0.1, 0.15) is 0 Å². The molecule has 3 heterocycles. The predicted molar refractivity (Wildman–Crippen MR) is 120 cm³/mol. The molecule has 1 aliphatic heterocycles. The van der Waals surface area contributed by atoms with Crippen molar-refractivity contribution in [1.82, 2.24) is 14.7 Å². The topological polar surface area (TPSA) is 107 Å². The van der Waals surface area contributed by atoms with E-state index in [1.807, 2.05) is 44.2 Å². The molecule has 0 saturated carbocycles. The van der Waals surface area contributed by atoms with E-state index in [1.165, 1.54) is 6.26 Å². The number of ether oxygens (including phenoxy) is 1. The van der Waals surface area contributed by atoms with Gasteiger partial charge in [0.15, 0.2) is 12.4 Å². The Morgan fingerprint density at radius 3 is 2.48 bits per heavy atom. The molecule has 1 aromatic carbocycles. The summed E-state index contributed by atoms with van der Waals surface area (Å²) in [6.07, 6.45) is 2.42. The lowest BCUT2D eigenvalue weighted by Crippen LogP contribution is -2.40. The summed E-state index contributed by atoms with van der Waals surface area (Å²) < 4.78 is 12.2. The number of para-hydroxylation sites is 1. The zero-order chi connectivity index (χ0) is 23.4. The summed E-state index contributed by atoms with van der Waals surface area (Å²) >= 11 is 0. The van der Waals surface area contributed by atoms with E-state index in [2.05, 4.69) is 10.4 Å². The predicted octanol–water partition coefficient (Wildman–Crippen LogP) is 3.12. The van der Waals surface area contributed by atoms with Crippen molar-refractivity contribution in [3.63, 3.8) is 0 Å². The average molecular weight is 450 g/mol. The smallest absolute Gasteiger partial charge is 0.309 e. The lowest BCUT2D eigenvalue weighted by molar-refractivity contribution is -0.152. The van der Waals surface area contributed by atoms with Gasteiger partial charge < -0.3 is 19.4 Å². The third-order valence-electron chi connectivity index (χ3n) is 5.75. The van der Waals surface area contributed by atoms with Crippen LogP contribution in [0, 0.1) is 19.8 Å². The van der Waals surface area contributed by atoms with Gasteiger partial charge in [0.25, 0.3) is 11.8 Å². The van der Waals surface area contributed by atoms with Crippen LogP contribution in [0.15, 0.2) is 53.1 Å². The number of benzene rings is 1. The lowest BCUT2D eigenvalue weighted by atomic mass is 9.97. The third kappa shape index (κ3) is 4.97. The van der Waals surface area contributed by atoms with Crippen LogP contribution in [0.3, 0.4) is 0 Å². The number of piperidine rings is 1. The lowest BCUT2D eigenvalue weighted by Gasteiger charge is -2.30. The van der Waals surface area contributed by atoms with Crippen molar-refractivity contribution in [2.24, 2.45) is 5.92 Å². The molecule has 2 aromatic heterocycles. The summed E-state index contributed by atoms with van der Waals surface area (Å²) in [4.78, 5) is 38.9. The van der Waals surface area contributed by atoms with E-state index in [-0.39, 0.29) is 24.2 Å². The van der Waals surface area contributed by atoms with Gasteiger partial charge in [-0.2, -0.15) is 5.10 Å². The minimum atomic E-state index is -0.427. The van der Waals surface area contributed by atoms with E-state index >= 15 is 0 Å². The molecule has 0 spiro atoms. The molecule has 0 unspecified atom stereocenters. The van der Waals surface area contributed by atoms with Crippen LogP contribution in [0.4, 0.5) is 5.69 Å². The van der Waals surface area contributed by atoms with Crippen LogP contribution in [0.5, 0.6) is 0 Å². The molecule has 0 aliphatic carbocycles. The number of nitrogens with zero attached hydrogens (tertiary/aromatic N) is 3. The highest BCUT2D eigenvalue weighted by Crippen LogP contribution is 2.23. The molecule has 1 saturated heterocycles. The molecule has 0 atom stereocenters. The zero-order valence-corrected chi connectivity index (χ0v) is 18.6.